The molecule has 4 rings (SSSR count). The number of benzene rings is 2. The van der Waals surface area contributed by atoms with Gasteiger partial charge in [0.25, 0.3) is 11.8 Å². The van der Waals surface area contributed by atoms with E-state index >= 15 is 0 Å². The molecule has 2 aromatic carbocycles. The highest BCUT2D eigenvalue weighted by molar-refractivity contribution is 9.10. The Hall–Kier alpha value is -1.96. The number of anilines is 2. The predicted molar refractivity (Wildman–Crippen MR) is 143 cm³/mol. The second-order valence-electron chi connectivity index (χ2n) is 9.44. The molecule has 1 heterocycles. The van der Waals surface area contributed by atoms with Crippen molar-refractivity contribution < 1.29 is 9.59 Å². The highest BCUT2D eigenvalue weighted by Gasteiger charge is 2.34. The summed E-state index contributed by atoms with van der Waals surface area (Å²) in [5.41, 5.74) is 3.13. The van der Waals surface area contributed by atoms with Gasteiger partial charge in [-0.2, -0.15) is 0 Å². The van der Waals surface area contributed by atoms with Crippen molar-refractivity contribution in [1.82, 2.24) is 0 Å². The molecule has 1 atom stereocenters. The molecule has 1 aromatic heterocycles. The standard InChI is InChI=1S/C26H26Br2N2O2S/c1-26(2,3)16-6-13-20-21(14-16)33-25(30-23(31)15-4-7-17(27)8-5-15)22(20)24(32)29-19-11-9-18(28)10-12-19/h4-5,7-12,16H,6,13-14H2,1-3H3,(H,29,32)(H,30,31). The molecule has 0 fully saturated rings. The van der Waals surface area contributed by atoms with Crippen molar-refractivity contribution in [3.05, 3.63) is 79.0 Å². The first-order valence-electron chi connectivity index (χ1n) is 10.9. The zero-order chi connectivity index (χ0) is 23.8. The van der Waals surface area contributed by atoms with Crippen molar-refractivity contribution in [2.75, 3.05) is 10.6 Å². The van der Waals surface area contributed by atoms with Gasteiger partial charge in [-0.1, -0.05) is 52.6 Å². The van der Waals surface area contributed by atoms with Crippen molar-refractivity contribution in [2.24, 2.45) is 11.3 Å². The largest absolute Gasteiger partial charge is 0.322 e. The van der Waals surface area contributed by atoms with Crippen LogP contribution in [-0.2, 0) is 12.8 Å². The van der Waals surface area contributed by atoms with Gasteiger partial charge in [-0.15, -0.1) is 11.3 Å². The van der Waals surface area contributed by atoms with E-state index in [1.807, 2.05) is 36.4 Å². The fraction of sp³-hybridized carbons (Fsp3) is 0.308. The van der Waals surface area contributed by atoms with E-state index < -0.39 is 0 Å². The lowest BCUT2D eigenvalue weighted by molar-refractivity contribution is 0.102. The highest BCUT2D eigenvalue weighted by atomic mass is 79.9. The summed E-state index contributed by atoms with van der Waals surface area (Å²) in [6.45, 7) is 6.81. The molecule has 0 spiro atoms. The van der Waals surface area contributed by atoms with Gasteiger partial charge >= 0.3 is 0 Å². The van der Waals surface area contributed by atoms with Crippen LogP contribution >= 0.6 is 43.2 Å². The maximum absolute atomic E-state index is 13.4. The third kappa shape index (κ3) is 5.58. The summed E-state index contributed by atoms with van der Waals surface area (Å²) >= 11 is 8.37. The summed E-state index contributed by atoms with van der Waals surface area (Å²) < 4.78 is 1.86. The van der Waals surface area contributed by atoms with E-state index in [0.29, 0.717) is 22.0 Å². The zero-order valence-electron chi connectivity index (χ0n) is 18.8. The van der Waals surface area contributed by atoms with Crippen LogP contribution in [0, 0.1) is 11.3 Å². The van der Waals surface area contributed by atoms with Crippen LogP contribution in [0.25, 0.3) is 0 Å². The summed E-state index contributed by atoms with van der Waals surface area (Å²) in [7, 11) is 0. The number of fused-ring (bicyclic) bond motifs is 1. The number of rotatable bonds is 4. The average Bonchev–Trinajstić information content (AvgIpc) is 3.12. The molecular formula is C26H26Br2N2O2S. The van der Waals surface area contributed by atoms with Crippen LogP contribution in [0.1, 0.15) is 58.3 Å². The first-order valence-corrected chi connectivity index (χ1v) is 13.3. The van der Waals surface area contributed by atoms with E-state index in [1.165, 1.54) is 16.2 Å². The Bertz CT molecular complexity index is 1180. The normalized spacial score (nSPS) is 15.6. The molecule has 1 aliphatic rings. The van der Waals surface area contributed by atoms with Crippen LogP contribution < -0.4 is 10.6 Å². The predicted octanol–water partition coefficient (Wildman–Crippen LogP) is 7.93. The van der Waals surface area contributed by atoms with Gasteiger partial charge in [0.15, 0.2) is 0 Å². The van der Waals surface area contributed by atoms with Gasteiger partial charge < -0.3 is 10.6 Å². The quantitative estimate of drug-likeness (QED) is 0.324. The third-order valence-corrected chi connectivity index (χ3v) is 8.38. The highest BCUT2D eigenvalue weighted by Crippen LogP contribution is 2.44. The Morgan fingerprint density at radius 2 is 1.52 bits per heavy atom. The molecule has 172 valence electrons. The van der Waals surface area contributed by atoms with Gasteiger partial charge in [0.05, 0.1) is 5.56 Å². The topological polar surface area (TPSA) is 58.2 Å². The Balaban J connectivity index is 1.67. The number of nitrogens with one attached hydrogen (secondary N) is 2. The lowest BCUT2D eigenvalue weighted by atomic mass is 9.72. The van der Waals surface area contributed by atoms with Crippen LogP contribution in [0.5, 0.6) is 0 Å². The minimum Gasteiger partial charge on any atom is -0.322 e. The van der Waals surface area contributed by atoms with E-state index in [-0.39, 0.29) is 17.2 Å². The van der Waals surface area contributed by atoms with Crippen molar-refractivity contribution in [2.45, 2.75) is 40.0 Å². The molecule has 0 radical (unpaired) electrons. The van der Waals surface area contributed by atoms with Crippen LogP contribution in [0.15, 0.2) is 57.5 Å². The molecule has 0 aliphatic heterocycles. The molecule has 1 aliphatic carbocycles. The van der Waals surface area contributed by atoms with E-state index in [4.69, 9.17) is 0 Å². The molecule has 0 bridgehead atoms. The fourth-order valence-electron chi connectivity index (χ4n) is 4.16. The van der Waals surface area contributed by atoms with Crippen LogP contribution in [-0.4, -0.2) is 11.8 Å². The number of hydrogen-bond acceptors (Lipinski definition) is 3. The summed E-state index contributed by atoms with van der Waals surface area (Å²) in [5.74, 6) is 0.141. The minimum absolute atomic E-state index is 0.185. The summed E-state index contributed by atoms with van der Waals surface area (Å²) in [5, 5.41) is 6.66. The Labute approximate surface area is 215 Å². The van der Waals surface area contributed by atoms with Crippen molar-refractivity contribution in [3.8, 4) is 0 Å². The van der Waals surface area contributed by atoms with Crippen molar-refractivity contribution in [1.29, 1.82) is 0 Å². The monoisotopic (exact) mass is 588 g/mol. The molecule has 2 amide bonds. The van der Waals surface area contributed by atoms with Gasteiger partial charge in [0.2, 0.25) is 0 Å². The van der Waals surface area contributed by atoms with Crippen LogP contribution in [0.4, 0.5) is 10.7 Å². The Morgan fingerprint density at radius 1 is 0.909 bits per heavy atom. The molecule has 0 saturated heterocycles. The summed E-state index contributed by atoms with van der Waals surface area (Å²) in [6, 6.07) is 14.7. The third-order valence-electron chi connectivity index (χ3n) is 6.15. The Kier molecular flexibility index (Phi) is 7.12. The number of amides is 2. The zero-order valence-corrected chi connectivity index (χ0v) is 22.8. The smallest absolute Gasteiger partial charge is 0.258 e. The summed E-state index contributed by atoms with van der Waals surface area (Å²) in [4.78, 5) is 27.6. The Morgan fingerprint density at radius 3 is 2.12 bits per heavy atom. The van der Waals surface area contributed by atoms with E-state index in [1.54, 1.807) is 12.1 Å². The summed E-state index contributed by atoms with van der Waals surface area (Å²) in [6.07, 6.45) is 2.80. The van der Waals surface area contributed by atoms with Crippen molar-refractivity contribution >= 4 is 65.7 Å². The molecule has 2 N–H and O–H groups in total. The molecule has 4 nitrogen and oxygen atoms in total. The molecule has 1 unspecified atom stereocenters. The average molecular weight is 590 g/mol. The lowest BCUT2D eigenvalue weighted by Crippen LogP contribution is -2.27. The van der Waals surface area contributed by atoms with Gasteiger partial charge in [0.1, 0.15) is 5.00 Å². The number of hydrogen-bond donors (Lipinski definition) is 2. The molecular weight excluding hydrogens is 564 g/mol. The fourth-order valence-corrected chi connectivity index (χ4v) is 6.01. The van der Waals surface area contributed by atoms with Crippen LogP contribution in [0.3, 0.4) is 0 Å². The van der Waals surface area contributed by atoms with Crippen LogP contribution in [0.2, 0.25) is 0 Å². The maximum Gasteiger partial charge on any atom is 0.258 e. The molecule has 7 heteroatoms. The first kappa shape index (κ1) is 24.2. The maximum atomic E-state index is 13.4. The minimum atomic E-state index is -0.217. The molecule has 33 heavy (non-hydrogen) atoms. The molecule has 0 saturated carbocycles. The van der Waals surface area contributed by atoms with E-state index in [2.05, 4.69) is 63.3 Å². The number of halogens is 2. The van der Waals surface area contributed by atoms with Gasteiger partial charge in [-0.3, -0.25) is 9.59 Å². The SMILES string of the molecule is CC(C)(C)C1CCc2c(sc(NC(=O)c3ccc(Br)cc3)c2C(=O)Nc2ccc(Br)cc2)C1. The van der Waals surface area contributed by atoms with Gasteiger partial charge in [-0.25, -0.2) is 0 Å². The number of carbonyl (C=O) groups is 2. The van der Waals surface area contributed by atoms with E-state index in [0.717, 1.165) is 39.5 Å². The second kappa shape index (κ2) is 9.72. The second-order valence-corrected chi connectivity index (χ2v) is 12.4. The van der Waals surface area contributed by atoms with Gasteiger partial charge in [0, 0.05) is 25.1 Å². The number of thiophene rings is 1. The van der Waals surface area contributed by atoms with Gasteiger partial charge in [-0.05, 0) is 84.7 Å². The van der Waals surface area contributed by atoms with E-state index in [9.17, 15) is 9.59 Å². The molecule has 3 aromatic rings. The first-order chi connectivity index (χ1) is 15.6. The number of carbonyl (C=O) groups excluding carboxylic acids is 2. The van der Waals surface area contributed by atoms with Crippen molar-refractivity contribution in [3.63, 3.8) is 0 Å². The lowest BCUT2D eigenvalue weighted by Gasteiger charge is -2.33.